The maximum Gasteiger partial charge on any atom is 0.409 e. The van der Waals surface area contributed by atoms with Crippen molar-refractivity contribution in [1.29, 1.82) is 0 Å². The molecule has 8 nitrogen and oxygen atoms in total. The quantitative estimate of drug-likeness (QED) is 0.779. The zero-order valence-corrected chi connectivity index (χ0v) is 13.6. The maximum absolute atomic E-state index is 12.7. The van der Waals surface area contributed by atoms with Gasteiger partial charge in [-0.2, -0.15) is 0 Å². The summed E-state index contributed by atoms with van der Waals surface area (Å²) in [4.78, 5) is 41.2. The van der Waals surface area contributed by atoms with Crippen LogP contribution in [-0.4, -0.2) is 67.2 Å². The Balaban J connectivity index is 1.79. The third-order valence-corrected chi connectivity index (χ3v) is 4.18. The van der Waals surface area contributed by atoms with Gasteiger partial charge in [-0.15, -0.1) is 0 Å². The predicted octanol–water partition coefficient (Wildman–Crippen LogP) is 1.30. The summed E-state index contributed by atoms with van der Waals surface area (Å²) in [7, 11) is 1.55. The van der Waals surface area contributed by atoms with Gasteiger partial charge in [-0.3, -0.25) is 4.79 Å². The van der Waals surface area contributed by atoms with Crippen LogP contribution >= 0.6 is 0 Å². The van der Waals surface area contributed by atoms with E-state index in [1.807, 2.05) is 0 Å². The number of benzene rings is 1. The molecule has 8 heteroatoms. The molecule has 1 aromatic carbocycles. The standard InChI is InChI=1S/C16H19N3O5/c1-3-24-16(22)17-8-9-18-13(10-17)14(20)19(15(18)21)11-4-6-12(23-2)7-5-11/h4-7,13H,3,8-10H2,1-2H3. The summed E-state index contributed by atoms with van der Waals surface area (Å²) in [5.41, 5.74) is 0.489. The third-order valence-electron chi connectivity index (χ3n) is 4.18. The van der Waals surface area contributed by atoms with Crippen LogP contribution in [0.15, 0.2) is 24.3 Å². The van der Waals surface area contributed by atoms with Crippen LogP contribution in [0.3, 0.4) is 0 Å². The summed E-state index contributed by atoms with van der Waals surface area (Å²) < 4.78 is 10.1. The number of ether oxygens (including phenoxy) is 2. The summed E-state index contributed by atoms with van der Waals surface area (Å²) in [5.74, 6) is 0.309. The van der Waals surface area contributed by atoms with Crippen LogP contribution in [0.25, 0.3) is 0 Å². The number of anilines is 1. The van der Waals surface area contributed by atoms with E-state index in [-0.39, 0.29) is 25.1 Å². The zero-order chi connectivity index (χ0) is 17.3. The van der Waals surface area contributed by atoms with E-state index in [0.717, 1.165) is 4.90 Å². The number of urea groups is 1. The van der Waals surface area contributed by atoms with E-state index in [1.54, 1.807) is 38.3 Å². The topological polar surface area (TPSA) is 79.4 Å². The predicted molar refractivity (Wildman–Crippen MR) is 85.0 cm³/mol. The van der Waals surface area contributed by atoms with Gasteiger partial charge in [0.1, 0.15) is 11.8 Å². The molecule has 1 aromatic rings. The van der Waals surface area contributed by atoms with E-state index >= 15 is 0 Å². The van der Waals surface area contributed by atoms with Gasteiger partial charge in [0.05, 0.1) is 25.9 Å². The minimum atomic E-state index is -0.669. The zero-order valence-electron chi connectivity index (χ0n) is 13.6. The van der Waals surface area contributed by atoms with Crippen LogP contribution in [0, 0.1) is 0 Å². The van der Waals surface area contributed by atoms with Gasteiger partial charge in [0.2, 0.25) is 0 Å². The molecular formula is C16H19N3O5. The largest absolute Gasteiger partial charge is 0.497 e. The van der Waals surface area contributed by atoms with Crippen LogP contribution in [0.4, 0.5) is 15.3 Å². The molecule has 4 amide bonds. The number of nitrogens with zero attached hydrogens (tertiary/aromatic N) is 3. The molecule has 2 aliphatic heterocycles. The van der Waals surface area contributed by atoms with Crippen LogP contribution in [0.1, 0.15) is 6.92 Å². The fourth-order valence-electron chi connectivity index (χ4n) is 2.94. The van der Waals surface area contributed by atoms with Crippen LogP contribution in [-0.2, 0) is 9.53 Å². The molecular weight excluding hydrogens is 314 g/mol. The van der Waals surface area contributed by atoms with E-state index in [9.17, 15) is 14.4 Å². The molecule has 1 unspecified atom stereocenters. The van der Waals surface area contributed by atoms with Crippen molar-refractivity contribution in [3.8, 4) is 5.75 Å². The van der Waals surface area contributed by atoms with Crippen molar-refractivity contribution in [2.75, 3.05) is 38.3 Å². The molecule has 2 fully saturated rings. The van der Waals surface area contributed by atoms with Gasteiger partial charge in [-0.1, -0.05) is 0 Å². The Morgan fingerprint density at radius 3 is 2.54 bits per heavy atom. The Bertz CT molecular complexity index is 660. The molecule has 0 N–H and O–H groups in total. The number of hydrogen-bond donors (Lipinski definition) is 0. The number of methoxy groups -OCH3 is 1. The number of hydrogen-bond acceptors (Lipinski definition) is 5. The van der Waals surface area contributed by atoms with Crippen molar-refractivity contribution >= 4 is 23.7 Å². The monoisotopic (exact) mass is 333 g/mol. The van der Waals surface area contributed by atoms with Gasteiger partial charge in [0, 0.05) is 13.1 Å². The third kappa shape index (κ3) is 2.64. The lowest BCUT2D eigenvalue weighted by Gasteiger charge is -2.34. The first-order chi connectivity index (χ1) is 11.6. The van der Waals surface area contributed by atoms with E-state index in [2.05, 4.69) is 0 Å². The molecule has 0 bridgehead atoms. The number of carbonyl (C=O) groups is 3. The Kier molecular flexibility index (Phi) is 4.28. The summed E-state index contributed by atoms with van der Waals surface area (Å²) in [5, 5.41) is 0. The van der Waals surface area contributed by atoms with E-state index in [0.29, 0.717) is 24.5 Å². The minimum absolute atomic E-state index is 0.149. The number of piperazine rings is 1. The van der Waals surface area contributed by atoms with Crippen LogP contribution in [0.2, 0.25) is 0 Å². The first kappa shape index (κ1) is 16.1. The van der Waals surface area contributed by atoms with Gasteiger partial charge in [0.15, 0.2) is 0 Å². The molecule has 3 rings (SSSR count). The summed E-state index contributed by atoms with van der Waals surface area (Å²) in [6, 6.07) is 5.68. The van der Waals surface area contributed by atoms with E-state index < -0.39 is 12.1 Å². The molecule has 0 aromatic heterocycles. The summed E-state index contributed by atoms with van der Waals surface area (Å²) in [6.07, 6.45) is -0.458. The molecule has 0 spiro atoms. The molecule has 0 radical (unpaired) electrons. The number of rotatable bonds is 3. The van der Waals surface area contributed by atoms with Crippen molar-refractivity contribution in [3.63, 3.8) is 0 Å². The highest BCUT2D eigenvalue weighted by atomic mass is 16.6. The SMILES string of the molecule is CCOC(=O)N1CCN2C(=O)N(c3ccc(OC)cc3)C(=O)C2C1. The Labute approximate surface area is 139 Å². The van der Waals surface area contributed by atoms with E-state index in [1.165, 1.54) is 9.80 Å². The van der Waals surface area contributed by atoms with Gasteiger partial charge in [-0.25, -0.2) is 14.5 Å². The second-order valence-electron chi connectivity index (χ2n) is 5.51. The molecule has 2 aliphatic rings. The van der Waals surface area contributed by atoms with Crippen LogP contribution < -0.4 is 9.64 Å². The molecule has 24 heavy (non-hydrogen) atoms. The molecule has 1 atom stereocenters. The van der Waals surface area contributed by atoms with Crippen molar-refractivity contribution in [3.05, 3.63) is 24.3 Å². The Morgan fingerprint density at radius 2 is 1.92 bits per heavy atom. The van der Waals surface area contributed by atoms with Gasteiger partial charge in [-0.05, 0) is 31.2 Å². The molecule has 128 valence electrons. The summed E-state index contributed by atoms with van der Waals surface area (Å²) >= 11 is 0. The summed E-state index contributed by atoms with van der Waals surface area (Å²) in [6.45, 7) is 2.81. The smallest absolute Gasteiger partial charge is 0.409 e. The highest BCUT2D eigenvalue weighted by Crippen LogP contribution is 2.29. The molecule has 2 saturated heterocycles. The van der Waals surface area contributed by atoms with Crippen molar-refractivity contribution in [2.45, 2.75) is 13.0 Å². The molecule has 0 aliphatic carbocycles. The molecule has 2 heterocycles. The second kappa shape index (κ2) is 6.38. The van der Waals surface area contributed by atoms with Gasteiger partial charge < -0.3 is 19.3 Å². The number of carbonyl (C=O) groups excluding carboxylic acids is 3. The molecule has 0 saturated carbocycles. The van der Waals surface area contributed by atoms with Gasteiger partial charge in [0.25, 0.3) is 5.91 Å². The van der Waals surface area contributed by atoms with Crippen molar-refractivity contribution in [2.24, 2.45) is 0 Å². The lowest BCUT2D eigenvalue weighted by molar-refractivity contribution is -0.120. The lowest BCUT2D eigenvalue weighted by atomic mass is 10.2. The highest BCUT2D eigenvalue weighted by molar-refractivity contribution is 6.21. The van der Waals surface area contributed by atoms with Crippen molar-refractivity contribution < 1.29 is 23.9 Å². The first-order valence-electron chi connectivity index (χ1n) is 7.77. The normalized spacial score (nSPS) is 20.2. The number of amides is 4. The average molecular weight is 333 g/mol. The average Bonchev–Trinajstić information content (AvgIpc) is 2.86. The minimum Gasteiger partial charge on any atom is -0.497 e. The fourth-order valence-corrected chi connectivity index (χ4v) is 2.94. The number of fused-ring (bicyclic) bond motifs is 1. The Morgan fingerprint density at radius 1 is 1.21 bits per heavy atom. The Hall–Kier alpha value is -2.77. The second-order valence-corrected chi connectivity index (χ2v) is 5.51. The fraction of sp³-hybridized carbons (Fsp3) is 0.438. The van der Waals surface area contributed by atoms with E-state index in [4.69, 9.17) is 9.47 Å². The highest BCUT2D eigenvalue weighted by Gasteiger charge is 2.49. The van der Waals surface area contributed by atoms with Crippen molar-refractivity contribution in [1.82, 2.24) is 9.80 Å². The number of imide groups is 1. The maximum atomic E-state index is 12.7. The van der Waals surface area contributed by atoms with Gasteiger partial charge >= 0.3 is 12.1 Å². The lowest BCUT2D eigenvalue weighted by Crippen LogP contribution is -2.54. The van der Waals surface area contributed by atoms with Crippen LogP contribution in [0.5, 0.6) is 5.75 Å². The first-order valence-corrected chi connectivity index (χ1v) is 7.77.